The second-order valence-corrected chi connectivity index (χ2v) is 5.09. The van der Waals surface area contributed by atoms with Crippen LogP contribution in [0.4, 0.5) is 0 Å². The maximum absolute atomic E-state index is 11.8. The Bertz CT molecular complexity index is 350. The summed E-state index contributed by atoms with van der Waals surface area (Å²) < 4.78 is 1.83. The molecule has 1 amide bonds. The maximum atomic E-state index is 11.8. The highest BCUT2D eigenvalue weighted by Crippen LogP contribution is 2.14. The summed E-state index contributed by atoms with van der Waals surface area (Å²) in [4.78, 5) is 11.8. The average Bonchev–Trinajstić information content (AvgIpc) is 2.86. The molecule has 0 bridgehead atoms. The van der Waals surface area contributed by atoms with Crippen LogP contribution in [0.25, 0.3) is 0 Å². The first-order valence-electron chi connectivity index (χ1n) is 7.12. The van der Waals surface area contributed by atoms with Gasteiger partial charge in [-0.15, -0.1) is 0 Å². The van der Waals surface area contributed by atoms with Crippen LogP contribution in [0.2, 0.25) is 0 Å². The highest BCUT2D eigenvalue weighted by atomic mass is 16.1. The molecule has 0 saturated carbocycles. The van der Waals surface area contributed by atoms with Crippen molar-refractivity contribution in [2.75, 3.05) is 6.54 Å². The predicted molar refractivity (Wildman–Crippen MR) is 76.5 cm³/mol. The molecule has 0 saturated heterocycles. The van der Waals surface area contributed by atoms with Crippen LogP contribution in [0.3, 0.4) is 0 Å². The number of hydrogen-bond donors (Lipinski definition) is 2. The van der Waals surface area contributed by atoms with Crippen molar-refractivity contribution in [1.29, 1.82) is 0 Å². The van der Waals surface area contributed by atoms with Crippen LogP contribution in [-0.2, 0) is 11.3 Å². The van der Waals surface area contributed by atoms with Crippen LogP contribution in [-0.4, -0.2) is 28.3 Å². The van der Waals surface area contributed by atoms with Gasteiger partial charge in [-0.25, -0.2) is 0 Å². The molecule has 1 aromatic rings. The summed E-state index contributed by atoms with van der Waals surface area (Å²) in [5, 5.41) is 7.14. The lowest BCUT2D eigenvalue weighted by molar-refractivity contribution is -0.122. The molecule has 108 valence electrons. The molecule has 2 unspecified atom stereocenters. The van der Waals surface area contributed by atoms with E-state index in [1.807, 2.05) is 23.9 Å². The van der Waals surface area contributed by atoms with Crippen LogP contribution in [0.5, 0.6) is 0 Å². The Morgan fingerprint density at radius 1 is 1.47 bits per heavy atom. The van der Waals surface area contributed by atoms with Crippen molar-refractivity contribution < 1.29 is 4.79 Å². The van der Waals surface area contributed by atoms with Gasteiger partial charge in [-0.3, -0.25) is 9.48 Å². The van der Waals surface area contributed by atoms with Crippen molar-refractivity contribution in [2.24, 2.45) is 11.7 Å². The Morgan fingerprint density at radius 2 is 2.26 bits per heavy atom. The zero-order valence-corrected chi connectivity index (χ0v) is 12.0. The van der Waals surface area contributed by atoms with Crippen LogP contribution >= 0.6 is 0 Å². The van der Waals surface area contributed by atoms with Crippen molar-refractivity contribution in [3.8, 4) is 0 Å². The maximum Gasteiger partial charge on any atom is 0.220 e. The molecular weight excluding hydrogens is 240 g/mol. The Hall–Kier alpha value is -1.36. The Kier molecular flexibility index (Phi) is 7.18. The molecule has 0 spiro atoms. The molecule has 1 aromatic heterocycles. The van der Waals surface area contributed by atoms with E-state index in [-0.39, 0.29) is 11.9 Å². The van der Waals surface area contributed by atoms with E-state index in [2.05, 4.69) is 17.3 Å². The lowest BCUT2D eigenvalue weighted by Crippen LogP contribution is -2.35. The van der Waals surface area contributed by atoms with Crippen LogP contribution in [0.1, 0.15) is 39.5 Å². The summed E-state index contributed by atoms with van der Waals surface area (Å²) in [7, 11) is 0. The third-order valence-electron chi connectivity index (χ3n) is 3.36. The summed E-state index contributed by atoms with van der Waals surface area (Å²) >= 11 is 0. The molecule has 3 N–H and O–H groups in total. The van der Waals surface area contributed by atoms with Gasteiger partial charge in [-0.1, -0.05) is 13.3 Å². The summed E-state index contributed by atoms with van der Waals surface area (Å²) in [6.07, 6.45) is 7.25. The molecule has 0 aliphatic carbocycles. The van der Waals surface area contributed by atoms with E-state index in [0.29, 0.717) is 25.4 Å². The van der Waals surface area contributed by atoms with Gasteiger partial charge in [0.2, 0.25) is 5.91 Å². The Morgan fingerprint density at radius 3 is 2.84 bits per heavy atom. The SMILES string of the molecule is CCC(CCN)CCC(=O)NC(C)Cn1cccn1. The van der Waals surface area contributed by atoms with E-state index < -0.39 is 0 Å². The van der Waals surface area contributed by atoms with Gasteiger partial charge in [0, 0.05) is 24.9 Å². The van der Waals surface area contributed by atoms with E-state index >= 15 is 0 Å². The van der Waals surface area contributed by atoms with Gasteiger partial charge < -0.3 is 11.1 Å². The minimum atomic E-state index is 0.0991. The zero-order valence-electron chi connectivity index (χ0n) is 12.0. The van der Waals surface area contributed by atoms with Crippen molar-refractivity contribution >= 4 is 5.91 Å². The molecule has 0 radical (unpaired) electrons. The predicted octanol–water partition coefficient (Wildman–Crippen LogP) is 1.54. The minimum Gasteiger partial charge on any atom is -0.352 e. The lowest BCUT2D eigenvalue weighted by Gasteiger charge is -2.16. The number of carbonyl (C=O) groups is 1. The van der Waals surface area contributed by atoms with Gasteiger partial charge in [0.25, 0.3) is 0 Å². The summed E-state index contributed by atoms with van der Waals surface area (Å²) in [5.74, 6) is 0.687. The summed E-state index contributed by atoms with van der Waals surface area (Å²) in [5.41, 5.74) is 5.56. The number of nitrogens with zero attached hydrogens (tertiary/aromatic N) is 2. The molecule has 19 heavy (non-hydrogen) atoms. The largest absolute Gasteiger partial charge is 0.352 e. The van der Waals surface area contributed by atoms with Gasteiger partial charge in [-0.05, 0) is 38.3 Å². The summed E-state index contributed by atoms with van der Waals surface area (Å²) in [6, 6.07) is 1.98. The van der Waals surface area contributed by atoms with Crippen LogP contribution in [0, 0.1) is 5.92 Å². The van der Waals surface area contributed by atoms with E-state index in [1.54, 1.807) is 6.20 Å². The highest BCUT2D eigenvalue weighted by Gasteiger charge is 2.11. The first-order chi connectivity index (χ1) is 9.15. The van der Waals surface area contributed by atoms with E-state index in [1.165, 1.54) is 0 Å². The Balaban J connectivity index is 2.22. The Labute approximate surface area is 115 Å². The number of nitrogens with two attached hydrogens (primary N) is 1. The standard InChI is InChI=1S/C14H26N4O/c1-3-13(7-8-15)5-6-14(19)17-12(2)11-18-10-4-9-16-18/h4,9-10,12-13H,3,5-8,11,15H2,1-2H3,(H,17,19). The number of hydrogen-bond acceptors (Lipinski definition) is 3. The molecule has 0 aromatic carbocycles. The van der Waals surface area contributed by atoms with Gasteiger partial charge in [0.1, 0.15) is 0 Å². The number of amides is 1. The van der Waals surface area contributed by atoms with E-state index in [4.69, 9.17) is 5.73 Å². The fraction of sp³-hybridized carbons (Fsp3) is 0.714. The number of rotatable bonds is 9. The lowest BCUT2D eigenvalue weighted by atomic mass is 9.96. The van der Waals surface area contributed by atoms with Crippen LogP contribution < -0.4 is 11.1 Å². The average molecular weight is 266 g/mol. The minimum absolute atomic E-state index is 0.0991. The molecular formula is C14H26N4O. The van der Waals surface area contributed by atoms with E-state index in [0.717, 1.165) is 19.3 Å². The molecule has 5 heteroatoms. The molecule has 2 atom stereocenters. The summed E-state index contributed by atoms with van der Waals surface area (Å²) in [6.45, 7) is 5.56. The first-order valence-corrected chi connectivity index (χ1v) is 7.12. The smallest absolute Gasteiger partial charge is 0.220 e. The number of carbonyl (C=O) groups excluding carboxylic acids is 1. The third-order valence-corrected chi connectivity index (χ3v) is 3.36. The van der Waals surface area contributed by atoms with Crippen LogP contribution in [0.15, 0.2) is 18.5 Å². The second kappa shape index (κ2) is 8.69. The van der Waals surface area contributed by atoms with Crippen molar-refractivity contribution in [1.82, 2.24) is 15.1 Å². The monoisotopic (exact) mass is 266 g/mol. The number of nitrogens with one attached hydrogen (secondary N) is 1. The topological polar surface area (TPSA) is 72.9 Å². The molecule has 1 heterocycles. The number of aromatic nitrogens is 2. The fourth-order valence-corrected chi connectivity index (χ4v) is 2.21. The van der Waals surface area contributed by atoms with Crippen molar-refractivity contribution in [2.45, 2.75) is 52.1 Å². The third kappa shape index (κ3) is 6.38. The molecule has 1 rings (SSSR count). The molecule has 0 aliphatic heterocycles. The first kappa shape index (κ1) is 15.7. The molecule has 5 nitrogen and oxygen atoms in total. The van der Waals surface area contributed by atoms with Gasteiger partial charge in [0.15, 0.2) is 0 Å². The van der Waals surface area contributed by atoms with Gasteiger partial charge >= 0.3 is 0 Å². The van der Waals surface area contributed by atoms with Crippen molar-refractivity contribution in [3.05, 3.63) is 18.5 Å². The van der Waals surface area contributed by atoms with Gasteiger partial charge in [-0.2, -0.15) is 5.10 Å². The molecule has 0 fully saturated rings. The van der Waals surface area contributed by atoms with E-state index in [9.17, 15) is 4.79 Å². The van der Waals surface area contributed by atoms with Crippen molar-refractivity contribution in [3.63, 3.8) is 0 Å². The normalized spacial score (nSPS) is 14.1. The van der Waals surface area contributed by atoms with Gasteiger partial charge in [0.05, 0.1) is 6.54 Å². The zero-order chi connectivity index (χ0) is 14.1. The highest BCUT2D eigenvalue weighted by molar-refractivity contribution is 5.76. The quantitative estimate of drug-likeness (QED) is 0.712. The fourth-order valence-electron chi connectivity index (χ4n) is 2.21. The second-order valence-electron chi connectivity index (χ2n) is 5.09. The molecule has 0 aliphatic rings.